The second-order valence-corrected chi connectivity index (χ2v) is 11.0. The van der Waals surface area contributed by atoms with Crippen LogP contribution in [0.4, 0.5) is 0 Å². The molecule has 26 heavy (non-hydrogen) atoms. The van der Waals surface area contributed by atoms with Crippen molar-refractivity contribution in [3.63, 3.8) is 0 Å². The maximum Gasteiger partial charge on any atom is 0.0599 e. The van der Waals surface area contributed by atoms with E-state index < -0.39 is 0 Å². The van der Waals surface area contributed by atoms with Gasteiger partial charge in [-0.1, -0.05) is 51.0 Å². The van der Waals surface area contributed by atoms with E-state index in [1.807, 2.05) is 5.57 Å². The van der Waals surface area contributed by atoms with Crippen LogP contribution >= 0.6 is 0 Å². The number of hydrogen-bond donors (Lipinski definition) is 1. The molecule has 8 atom stereocenters. The topological polar surface area (TPSA) is 20.2 Å². The molecule has 0 aliphatic heterocycles. The Labute approximate surface area is 161 Å². The maximum absolute atomic E-state index is 11.0. The second-order valence-electron chi connectivity index (χ2n) is 11.0. The number of fused-ring (bicyclic) bond motifs is 3. The molecule has 0 amide bonds. The average molecular weight is 357 g/mol. The Morgan fingerprint density at radius 3 is 2.50 bits per heavy atom. The first-order chi connectivity index (χ1) is 12.2. The number of hydrogen-bond acceptors (Lipinski definition) is 1. The second kappa shape index (κ2) is 6.50. The van der Waals surface area contributed by atoms with Gasteiger partial charge in [-0.3, -0.25) is 0 Å². The number of aliphatic hydroxyl groups is 1. The molecular formula is C25H40O. The molecule has 0 spiro atoms. The lowest BCUT2D eigenvalue weighted by molar-refractivity contribution is -0.0208. The van der Waals surface area contributed by atoms with Crippen molar-refractivity contribution in [3.8, 4) is 0 Å². The predicted octanol–water partition coefficient (Wildman–Crippen LogP) is 6.38. The Kier molecular flexibility index (Phi) is 4.70. The predicted molar refractivity (Wildman–Crippen MR) is 110 cm³/mol. The molecule has 4 rings (SSSR count). The van der Waals surface area contributed by atoms with Crippen LogP contribution in [0, 0.1) is 46.8 Å². The van der Waals surface area contributed by atoms with Gasteiger partial charge in [0.05, 0.1) is 6.10 Å². The first-order valence-corrected chi connectivity index (χ1v) is 11.3. The smallest absolute Gasteiger partial charge is 0.0599 e. The summed E-state index contributed by atoms with van der Waals surface area (Å²) in [6.45, 7) is 16.7. The van der Waals surface area contributed by atoms with Crippen molar-refractivity contribution in [1.82, 2.24) is 0 Å². The van der Waals surface area contributed by atoms with Gasteiger partial charge in [-0.15, -0.1) is 0 Å². The third-order valence-corrected chi connectivity index (χ3v) is 9.50. The third-order valence-electron chi connectivity index (χ3n) is 9.50. The maximum atomic E-state index is 11.0. The van der Waals surface area contributed by atoms with Crippen LogP contribution in [-0.4, -0.2) is 11.2 Å². The van der Waals surface area contributed by atoms with Crippen molar-refractivity contribution in [1.29, 1.82) is 0 Å². The lowest BCUT2D eigenvalue weighted by Gasteiger charge is -2.50. The third kappa shape index (κ3) is 2.67. The largest absolute Gasteiger partial charge is 0.393 e. The van der Waals surface area contributed by atoms with E-state index in [0.29, 0.717) is 29.6 Å². The summed E-state index contributed by atoms with van der Waals surface area (Å²) in [7, 11) is 0. The van der Waals surface area contributed by atoms with Crippen LogP contribution in [0.1, 0.15) is 79.6 Å². The molecule has 3 fully saturated rings. The fourth-order valence-corrected chi connectivity index (χ4v) is 7.68. The molecule has 0 aromatic rings. The molecule has 4 aliphatic rings. The fraction of sp³-hybridized carbons (Fsp3) is 0.840. The highest BCUT2D eigenvalue weighted by Gasteiger charge is 2.57. The SMILES string of the molecule is C=C1CC[C@@H]2/C(=C(/C)[C@H]3C[C@H]4[C@H](C(C)C)C[C@@H](O)[C@]4(C)C[C@H]13)CC[C@@H]2C. The molecule has 1 nitrogen and oxygen atoms in total. The van der Waals surface area contributed by atoms with Crippen LogP contribution in [0.15, 0.2) is 23.3 Å². The molecule has 3 saturated carbocycles. The van der Waals surface area contributed by atoms with Gasteiger partial charge in [-0.25, -0.2) is 0 Å². The zero-order valence-electron chi connectivity index (χ0n) is 17.7. The molecule has 0 aromatic carbocycles. The number of aliphatic hydroxyl groups excluding tert-OH is 1. The summed E-state index contributed by atoms with van der Waals surface area (Å²) in [5.74, 6) is 5.00. The molecule has 0 unspecified atom stereocenters. The van der Waals surface area contributed by atoms with Crippen LogP contribution in [-0.2, 0) is 0 Å². The molecular weight excluding hydrogens is 316 g/mol. The summed E-state index contributed by atoms with van der Waals surface area (Å²) >= 11 is 0. The molecule has 0 radical (unpaired) electrons. The Morgan fingerprint density at radius 1 is 1.08 bits per heavy atom. The zero-order valence-corrected chi connectivity index (χ0v) is 17.7. The van der Waals surface area contributed by atoms with Gasteiger partial charge in [0, 0.05) is 0 Å². The Balaban J connectivity index is 1.73. The van der Waals surface area contributed by atoms with Crippen LogP contribution in [0.25, 0.3) is 0 Å². The lowest BCUT2D eigenvalue weighted by atomic mass is 9.55. The first-order valence-electron chi connectivity index (χ1n) is 11.3. The van der Waals surface area contributed by atoms with Crippen molar-refractivity contribution in [3.05, 3.63) is 23.3 Å². The normalized spacial score (nSPS) is 51.7. The summed E-state index contributed by atoms with van der Waals surface area (Å²) in [5, 5.41) is 11.0. The van der Waals surface area contributed by atoms with Crippen LogP contribution in [0.3, 0.4) is 0 Å². The molecule has 0 saturated heterocycles. The van der Waals surface area contributed by atoms with Gasteiger partial charge in [0.15, 0.2) is 0 Å². The molecule has 1 heteroatoms. The van der Waals surface area contributed by atoms with Crippen LogP contribution < -0.4 is 0 Å². The van der Waals surface area contributed by atoms with E-state index in [2.05, 4.69) is 41.2 Å². The van der Waals surface area contributed by atoms with Crippen molar-refractivity contribution in [2.45, 2.75) is 85.7 Å². The molecule has 4 aliphatic carbocycles. The fourth-order valence-electron chi connectivity index (χ4n) is 7.68. The van der Waals surface area contributed by atoms with Crippen molar-refractivity contribution in [2.75, 3.05) is 0 Å². The highest BCUT2D eigenvalue weighted by atomic mass is 16.3. The molecule has 146 valence electrons. The molecule has 1 N–H and O–H groups in total. The van der Waals surface area contributed by atoms with E-state index in [0.717, 1.165) is 24.7 Å². The van der Waals surface area contributed by atoms with Gasteiger partial charge >= 0.3 is 0 Å². The van der Waals surface area contributed by atoms with Gasteiger partial charge < -0.3 is 5.11 Å². The molecule has 0 heterocycles. The van der Waals surface area contributed by atoms with Gasteiger partial charge in [0.25, 0.3) is 0 Å². The van der Waals surface area contributed by atoms with E-state index in [4.69, 9.17) is 0 Å². The summed E-state index contributed by atoms with van der Waals surface area (Å²) in [4.78, 5) is 0. The van der Waals surface area contributed by atoms with E-state index in [9.17, 15) is 5.11 Å². The monoisotopic (exact) mass is 356 g/mol. The summed E-state index contributed by atoms with van der Waals surface area (Å²) < 4.78 is 0. The number of rotatable bonds is 1. The van der Waals surface area contributed by atoms with E-state index in [-0.39, 0.29) is 11.5 Å². The minimum absolute atomic E-state index is 0.103. The van der Waals surface area contributed by atoms with Gasteiger partial charge in [0.1, 0.15) is 0 Å². The van der Waals surface area contributed by atoms with E-state index >= 15 is 0 Å². The average Bonchev–Trinajstić information content (AvgIpc) is 3.07. The summed E-state index contributed by atoms with van der Waals surface area (Å²) in [6.07, 6.45) is 8.59. The van der Waals surface area contributed by atoms with E-state index in [1.165, 1.54) is 37.7 Å². The van der Waals surface area contributed by atoms with Crippen LogP contribution in [0.5, 0.6) is 0 Å². The Hall–Kier alpha value is -0.560. The standard InChI is InChI=1S/C25H40O/c1-14(2)20-12-24(26)25(6)13-22-16(4)7-9-18-15(3)8-10-19(18)17(5)21(22)11-23(20)25/h14-15,18,20-24,26H,4,7-13H2,1-3,5-6H3/b19-17-/t15-,18-,20-,21+,22+,23-,24+,25+/m0/s1. The first kappa shape index (κ1) is 18.8. The van der Waals surface area contributed by atoms with Crippen molar-refractivity contribution < 1.29 is 5.11 Å². The Morgan fingerprint density at radius 2 is 1.81 bits per heavy atom. The summed E-state index contributed by atoms with van der Waals surface area (Å²) in [5.41, 5.74) is 5.15. The number of allylic oxidation sites excluding steroid dienone is 3. The van der Waals surface area contributed by atoms with Crippen molar-refractivity contribution >= 4 is 0 Å². The van der Waals surface area contributed by atoms with Crippen molar-refractivity contribution in [2.24, 2.45) is 46.8 Å². The minimum atomic E-state index is -0.119. The minimum Gasteiger partial charge on any atom is -0.393 e. The van der Waals surface area contributed by atoms with Gasteiger partial charge in [0.2, 0.25) is 0 Å². The lowest BCUT2D eigenvalue weighted by Crippen LogP contribution is -2.44. The summed E-state index contributed by atoms with van der Waals surface area (Å²) in [6, 6.07) is 0. The molecule has 0 aromatic heterocycles. The molecule has 0 bridgehead atoms. The zero-order chi connectivity index (χ0) is 18.8. The quantitative estimate of drug-likeness (QED) is 0.540. The van der Waals surface area contributed by atoms with E-state index in [1.54, 1.807) is 5.57 Å². The van der Waals surface area contributed by atoms with Gasteiger partial charge in [-0.05, 0) is 98.7 Å². The van der Waals surface area contributed by atoms with Crippen LogP contribution in [0.2, 0.25) is 0 Å². The highest BCUT2D eigenvalue weighted by molar-refractivity contribution is 5.29. The highest BCUT2D eigenvalue weighted by Crippen LogP contribution is 2.62. The van der Waals surface area contributed by atoms with Gasteiger partial charge in [-0.2, -0.15) is 0 Å². The Bertz CT molecular complexity index is 614.